The number of benzene rings is 1. The van der Waals surface area contributed by atoms with E-state index in [1.807, 2.05) is 25.7 Å². The van der Waals surface area contributed by atoms with E-state index in [1.165, 1.54) is 16.7 Å². The van der Waals surface area contributed by atoms with Crippen LogP contribution in [0.25, 0.3) is 0 Å². The van der Waals surface area contributed by atoms with Crippen LogP contribution >= 0.6 is 0 Å². The molecule has 2 saturated heterocycles. The van der Waals surface area contributed by atoms with Crippen molar-refractivity contribution < 1.29 is 14.3 Å². The summed E-state index contributed by atoms with van der Waals surface area (Å²) in [5, 5.41) is 0. The first-order chi connectivity index (χ1) is 11.7. The lowest BCUT2D eigenvalue weighted by Gasteiger charge is -2.39. The Labute approximate surface area is 151 Å². The number of rotatable bonds is 3. The van der Waals surface area contributed by atoms with E-state index in [2.05, 4.69) is 32.0 Å². The number of aryl methyl sites for hydroxylation is 2. The van der Waals surface area contributed by atoms with Crippen LogP contribution in [0.5, 0.6) is 0 Å². The van der Waals surface area contributed by atoms with Gasteiger partial charge in [-0.1, -0.05) is 18.2 Å². The van der Waals surface area contributed by atoms with Gasteiger partial charge in [-0.25, -0.2) is 4.79 Å². The fourth-order valence-corrected chi connectivity index (χ4v) is 4.15. The Morgan fingerprint density at radius 2 is 1.68 bits per heavy atom. The fraction of sp³-hybridized carbons (Fsp3) is 0.667. The van der Waals surface area contributed by atoms with Gasteiger partial charge in [-0.2, -0.15) is 0 Å². The van der Waals surface area contributed by atoms with Gasteiger partial charge >= 0.3 is 6.09 Å². The zero-order valence-corrected chi connectivity index (χ0v) is 16.2. The highest BCUT2D eigenvalue weighted by Crippen LogP contribution is 2.38. The molecule has 25 heavy (non-hydrogen) atoms. The SMILES string of the molecule is Cc1cccc(C)c1CO[C@H]1C[C@H]2CC[C@@H](C1)N2C(=O)OC(C)(C)C. The zero-order chi connectivity index (χ0) is 18.2. The minimum Gasteiger partial charge on any atom is -0.444 e. The molecule has 0 aliphatic carbocycles. The molecular weight excluding hydrogens is 314 g/mol. The predicted molar refractivity (Wildman–Crippen MR) is 98.6 cm³/mol. The van der Waals surface area contributed by atoms with Crippen molar-refractivity contribution in [1.29, 1.82) is 0 Å². The molecule has 4 nitrogen and oxygen atoms in total. The maximum absolute atomic E-state index is 12.5. The highest BCUT2D eigenvalue weighted by molar-refractivity contribution is 5.69. The van der Waals surface area contributed by atoms with Gasteiger partial charge in [0.15, 0.2) is 0 Å². The van der Waals surface area contributed by atoms with Gasteiger partial charge in [-0.3, -0.25) is 0 Å². The standard InChI is InChI=1S/C21H31NO3/c1-14-7-6-8-15(2)19(14)13-24-18-11-16-9-10-17(12-18)22(16)20(23)25-21(3,4)5/h6-8,16-18H,9-13H2,1-5H3/t16-,17+,18+. The number of carbonyl (C=O) groups is 1. The molecule has 3 rings (SSSR count). The van der Waals surface area contributed by atoms with E-state index in [4.69, 9.17) is 9.47 Å². The van der Waals surface area contributed by atoms with Crippen LogP contribution in [0.4, 0.5) is 4.79 Å². The second kappa shape index (κ2) is 6.99. The van der Waals surface area contributed by atoms with Crippen LogP contribution in [0.3, 0.4) is 0 Å². The van der Waals surface area contributed by atoms with Crippen LogP contribution < -0.4 is 0 Å². The van der Waals surface area contributed by atoms with Crippen molar-refractivity contribution in [3.05, 3.63) is 34.9 Å². The number of hydrogen-bond donors (Lipinski definition) is 0. The lowest BCUT2D eigenvalue weighted by molar-refractivity contribution is -0.0398. The van der Waals surface area contributed by atoms with Gasteiger partial charge in [0.2, 0.25) is 0 Å². The van der Waals surface area contributed by atoms with E-state index < -0.39 is 5.60 Å². The van der Waals surface area contributed by atoms with Gasteiger partial charge in [0.1, 0.15) is 5.60 Å². The highest BCUT2D eigenvalue weighted by atomic mass is 16.6. The normalized spacial score (nSPS) is 26.0. The summed E-state index contributed by atoms with van der Waals surface area (Å²) in [6.45, 7) is 10.7. The number of piperidine rings is 1. The number of fused-ring (bicyclic) bond motifs is 2. The Hall–Kier alpha value is -1.55. The minimum absolute atomic E-state index is 0.159. The van der Waals surface area contributed by atoms with Crippen LogP contribution in [0.15, 0.2) is 18.2 Å². The topological polar surface area (TPSA) is 38.8 Å². The molecule has 1 amide bonds. The molecule has 1 aromatic rings. The van der Waals surface area contributed by atoms with Crippen LogP contribution in [0, 0.1) is 13.8 Å². The Morgan fingerprint density at radius 3 is 2.20 bits per heavy atom. The van der Waals surface area contributed by atoms with Gasteiger partial charge < -0.3 is 14.4 Å². The monoisotopic (exact) mass is 345 g/mol. The third kappa shape index (κ3) is 4.17. The van der Waals surface area contributed by atoms with E-state index in [1.54, 1.807) is 0 Å². The highest BCUT2D eigenvalue weighted by Gasteiger charge is 2.45. The quantitative estimate of drug-likeness (QED) is 0.793. The fourth-order valence-electron chi connectivity index (χ4n) is 4.15. The second-order valence-electron chi connectivity index (χ2n) is 8.55. The van der Waals surface area contributed by atoms with E-state index >= 15 is 0 Å². The number of carbonyl (C=O) groups excluding carboxylic acids is 1. The van der Waals surface area contributed by atoms with Crippen LogP contribution in [0.2, 0.25) is 0 Å². The van der Waals surface area contributed by atoms with Crippen molar-refractivity contribution in [1.82, 2.24) is 4.90 Å². The maximum Gasteiger partial charge on any atom is 0.410 e. The van der Waals surface area contributed by atoms with Gasteiger partial charge in [0.05, 0.1) is 12.7 Å². The van der Waals surface area contributed by atoms with Gasteiger partial charge in [0.25, 0.3) is 0 Å². The lowest BCUT2D eigenvalue weighted by atomic mass is 9.99. The summed E-state index contributed by atoms with van der Waals surface area (Å²) in [6.07, 6.45) is 4.03. The smallest absolute Gasteiger partial charge is 0.410 e. The summed E-state index contributed by atoms with van der Waals surface area (Å²) in [5.41, 5.74) is 3.43. The van der Waals surface area contributed by atoms with E-state index in [0.29, 0.717) is 6.61 Å². The first-order valence-electron chi connectivity index (χ1n) is 9.42. The Kier molecular flexibility index (Phi) is 5.10. The van der Waals surface area contributed by atoms with Crippen molar-refractivity contribution in [3.63, 3.8) is 0 Å². The summed E-state index contributed by atoms with van der Waals surface area (Å²) < 4.78 is 11.9. The molecule has 2 fully saturated rings. The average Bonchev–Trinajstić information content (AvgIpc) is 2.76. The molecule has 0 aromatic heterocycles. The molecule has 0 unspecified atom stereocenters. The molecule has 3 atom stereocenters. The third-order valence-corrected chi connectivity index (χ3v) is 5.40. The van der Waals surface area contributed by atoms with Crippen molar-refractivity contribution >= 4 is 6.09 Å². The Morgan fingerprint density at radius 1 is 1.12 bits per heavy atom. The molecule has 1 aromatic carbocycles. The number of ether oxygens (including phenoxy) is 2. The summed E-state index contributed by atoms with van der Waals surface area (Å²) >= 11 is 0. The summed E-state index contributed by atoms with van der Waals surface area (Å²) in [7, 11) is 0. The Balaban J connectivity index is 1.59. The number of amides is 1. The molecule has 0 spiro atoms. The minimum atomic E-state index is -0.438. The van der Waals surface area contributed by atoms with Crippen molar-refractivity contribution in [2.24, 2.45) is 0 Å². The largest absolute Gasteiger partial charge is 0.444 e. The van der Waals surface area contributed by atoms with Gasteiger partial charge in [-0.15, -0.1) is 0 Å². The first-order valence-corrected chi connectivity index (χ1v) is 9.42. The average molecular weight is 345 g/mol. The van der Waals surface area contributed by atoms with E-state index in [9.17, 15) is 4.79 Å². The molecule has 0 N–H and O–H groups in total. The van der Waals surface area contributed by atoms with Crippen molar-refractivity contribution in [2.45, 2.75) is 90.7 Å². The van der Waals surface area contributed by atoms with Crippen LogP contribution in [0.1, 0.15) is 63.1 Å². The molecule has 2 heterocycles. The Bertz CT molecular complexity index is 600. The molecule has 0 radical (unpaired) electrons. The molecule has 4 heteroatoms. The van der Waals surface area contributed by atoms with E-state index in [-0.39, 0.29) is 24.3 Å². The van der Waals surface area contributed by atoms with Crippen molar-refractivity contribution in [3.8, 4) is 0 Å². The molecular formula is C21H31NO3. The number of hydrogen-bond acceptors (Lipinski definition) is 3. The molecule has 2 aliphatic heterocycles. The zero-order valence-electron chi connectivity index (χ0n) is 16.2. The predicted octanol–water partition coefficient (Wildman–Crippen LogP) is 4.75. The maximum atomic E-state index is 12.5. The second-order valence-corrected chi connectivity index (χ2v) is 8.55. The molecule has 2 bridgehead atoms. The van der Waals surface area contributed by atoms with Crippen LogP contribution in [-0.2, 0) is 16.1 Å². The lowest BCUT2D eigenvalue weighted by Crippen LogP contribution is -2.50. The summed E-state index contributed by atoms with van der Waals surface area (Å²) in [4.78, 5) is 14.5. The number of nitrogens with zero attached hydrogens (tertiary/aromatic N) is 1. The van der Waals surface area contributed by atoms with Crippen LogP contribution in [-0.4, -0.2) is 34.8 Å². The van der Waals surface area contributed by atoms with Gasteiger partial charge in [0, 0.05) is 12.1 Å². The summed E-state index contributed by atoms with van der Waals surface area (Å²) in [6, 6.07) is 6.89. The molecule has 0 saturated carbocycles. The molecule has 2 aliphatic rings. The van der Waals surface area contributed by atoms with Gasteiger partial charge in [-0.05, 0) is 77.0 Å². The summed E-state index contributed by atoms with van der Waals surface area (Å²) in [5.74, 6) is 0. The first kappa shape index (κ1) is 18.2. The molecule has 138 valence electrons. The van der Waals surface area contributed by atoms with E-state index in [0.717, 1.165) is 25.7 Å². The van der Waals surface area contributed by atoms with Crippen molar-refractivity contribution in [2.75, 3.05) is 0 Å². The third-order valence-electron chi connectivity index (χ3n) is 5.40.